The molecule has 1 aliphatic carbocycles. The number of aryl methyl sites for hydroxylation is 1. The maximum absolute atomic E-state index is 13.2. The molecule has 1 aliphatic heterocycles. The Morgan fingerprint density at radius 2 is 1.75 bits per heavy atom. The van der Waals surface area contributed by atoms with Gasteiger partial charge in [-0.1, -0.05) is 18.2 Å². The predicted molar refractivity (Wildman–Crippen MR) is 110 cm³/mol. The molecule has 0 saturated heterocycles. The lowest BCUT2D eigenvalue weighted by atomic mass is 9.77. The number of carbonyl (C=O) groups excluding carboxylic acids is 2. The molecule has 1 atom stereocenters. The van der Waals surface area contributed by atoms with Gasteiger partial charge in [0.25, 0.3) is 5.69 Å². The van der Waals surface area contributed by atoms with E-state index in [1.54, 1.807) is 13.0 Å². The van der Waals surface area contributed by atoms with Gasteiger partial charge in [0, 0.05) is 42.2 Å². The highest BCUT2D eigenvalue weighted by Crippen LogP contribution is 2.45. The van der Waals surface area contributed by atoms with Crippen LogP contribution in [0.5, 0.6) is 0 Å². The first-order valence-corrected chi connectivity index (χ1v) is 10.1. The zero-order valence-electron chi connectivity index (χ0n) is 17.1. The molecule has 0 spiro atoms. The Balaban J connectivity index is 1.83. The quantitative estimate of drug-likeness (QED) is 0.466. The molecule has 2 aromatic carbocycles. The molecule has 2 aliphatic rings. The third-order valence-electron chi connectivity index (χ3n) is 5.96. The van der Waals surface area contributed by atoms with Crippen molar-refractivity contribution in [3.8, 4) is 0 Å². The molecule has 0 saturated carbocycles. The van der Waals surface area contributed by atoms with Crippen molar-refractivity contribution in [2.45, 2.75) is 44.7 Å². The summed E-state index contributed by atoms with van der Waals surface area (Å²) in [6, 6.07) is 8.72. The van der Waals surface area contributed by atoms with Gasteiger partial charge in [-0.05, 0) is 43.0 Å². The molecule has 1 heterocycles. The molecule has 0 fully saturated rings. The van der Waals surface area contributed by atoms with Crippen LogP contribution in [0.15, 0.2) is 53.7 Å². The molecule has 4 rings (SSSR count). The van der Waals surface area contributed by atoms with E-state index in [1.807, 2.05) is 0 Å². The number of nitro groups is 1. The minimum absolute atomic E-state index is 0.113. The van der Waals surface area contributed by atoms with E-state index in [2.05, 4.69) is 0 Å². The smallest absolute Gasteiger partial charge is 0.294 e. The number of hydrogen-bond acceptors (Lipinski definition) is 4. The second kappa shape index (κ2) is 7.89. The summed E-state index contributed by atoms with van der Waals surface area (Å²) in [7, 11) is 0. The van der Waals surface area contributed by atoms with Gasteiger partial charge < -0.3 is 0 Å². The second-order valence-electron chi connectivity index (χ2n) is 7.97. The summed E-state index contributed by atoms with van der Waals surface area (Å²) >= 11 is 0. The van der Waals surface area contributed by atoms with Crippen LogP contribution in [-0.2, 0) is 15.8 Å². The van der Waals surface area contributed by atoms with Crippen molar-refractivity contribution in [3.05, 3.63) is 80.5 Å². The lowest BCUT2D eigenvalue weighted by Crippen LogP contribution is -2.41. The molecule has 0 bridgehead atoms. The molecule has 1 unspecified atom stereocenters. The number of benzene rings is 2. The highest BCUT2D eigenvalue weighted by atomic mass is 19.4. The number of nitrogens with zero attached hydrogens (tertiary/aromatic N) is 2. The van der Waals surface area contributed by atoms with Crippen LogP contribution in [0, 0.1) is 17.0 Å². The van der Waals surface area contributed by atoms with Crippen LogP contribution in [-0.4, -0.2) is 16.6 Å². The van der Waals surface area contributed by atoms with Gasteiger partial charge in [0.15, 0.2) is 5.78 Å². The van der Waals surface area contributed by atoms with Gasteiger partial charge in [0.1, 0.15) is 0 Å². The third-order valence-corrected chi connectivity index (χ3v) is 5.96. The maximum Gasteiger partial charge on any atom is 0.416 e. The fourth-order valence-electron chi connectivity index (χ4n) is 4.41. The van der Waals surface area contributed by atoms with E-state index < -0.39 is 22.6 Å². The second-order valence-corrected chi connectivity index (χ2v) is 7.97. The Hall–Kier alpha value is -3.49. The number of halogens is 3. The number of amides is 1. The Kier molecular flexibility index (Phi) is 5.36. The summed E-state index contributed by atoms with van der Waals surface area (Å²) in [5.74, 6) is -1.16. The molecule has 0 radical (unpaired) electrons. The van der Waals surface area contributed by atoms with Crippen molar-refractivity contribution >= 4 is 23.1 Å². The Morgan fingerprint density at radius 3 is 2.38 bits per heavy atom. The number of carbonyl (C=O) groups is 2. The molecule has 166 valence electrons. The average Bonchev–Trinajstić information content (AvgIpc) is 2.73. The lowest BCUT2D eigenvalue weighted by molar-refractivity contribution is -0.384. The molecule has 9 heteroatoms. The molecule has 2 aromatic rings. The maximum atomic E-state index is 13.2. The number of rotatable bonds is 3. The molecule has 0 N–H and O–H groups in total. The SMILES string of the molecule is Cc1ccc([N+](=O)[O-])cc1N1C(=O)CC(c2ccc(C(F)(F)F)cc2)C2=C1CCCC2=O. The van der Waals surface area contributed by atoms with Gasteiger partial charge in [-0.25, -0.2) is 0 Å². The van der Waals surface area contributed by atoms with Crippen LogP contribution in [0.1, 0.15) is 48.3 Å². The zero-order chi connectivity index (χ0) is 23.2. The summed E-state index contributed by atoms with van der Waals surface area (Å²) in [4.78, 5) is 38.2. The molecule has 32 heavy (non-hydrogen) atoms. The van der Waals surface area contributed by atoms with E-state index >= 15 is 0 Å². The van der Waals surface area contributed by atoms with Crippen LogP contribution in [0.4, 0.5) is 24.5 Å². The number of hydrogen-bond donors (Lipinski definition) is 0. The monoisotopic (exact) mass is 444 g/mol. The van der Waals surface area contributed by atoms with Crippen LogP contribution in [0.2, 0.25) is 0 Å². The first kappa shape index (κ1) is 21.7. The van der Waals surface area contributed by atoms with E-state index in [-0.39, 0.29) is 30.2 Å². The van der Waals surface area contributed by atoms with Crippen molar-refractivity contribution in [3.63, 3.8) is 0 Å². The van der Waals surface area contributed by atoms with Gasteiger partial charge >= 0.3 is 6.18 Å². The zero-order valence-corrected chi connectivity index (χ0v) is 17.1. The fraction of sp³-hybridized carbons (Fsp3) is 0.304. The minimum atomic E-state index is -4.48. The summed E-state index contributed by atoms with van der Waals surface area (Å²) in [5.41, 5.74) is 1.35. The molecule has 0 aromatic heterocycles. The number of ketones is 1. The standard InChI is InChI=1S/C23H19F3N2O4/c1-13-5-10-16(28(31)32)11-19(13)27-18-3-2-4-20(29)22(18)17(12-21(27)30)14-6-8-15(9-7-14)23(24,25)26/h5-11,17H,2-4,12H2,1H3. The number of alkyl halides is 3. The van der Waals surface area contributed by atoms with E-state index in [4.69, 9.17) is 0 Å². The van der Waals surface area contributed by atoms with Gasteiger partial charge in [-0.15, -0.1) is 0 Å². The topological polar surface area (TPSA) is 80.5 Å². The van der Waals surface area contributed by atoms with Crippen molar-refractivity contribution in [2.75, 3.05) is 4.90 Å². The van der Waals surface area contributed by atoms with Crippen LogP contribution in [0.3, 0.4) is 0 Å². The van der Waals surface area contributed by atoms with E-state index in [1.165, 1.54) is 29.2 Å². The number of anilines is 1. The van der Waals surface area contributed by atoms with Crippen LogP contribution >= 0.6 is 0 Å². The number of allylic oxidation sites excluding steroid dienone is 2. The number of Topliss-reactive ketones (excluding diaryl/α,β-unsaturated/α-hetero) is 1. The van der Waals surface area contributed by atoms with Crippen molar-refractivity contribution in [1.82, 2.24) is 0 Å². The van der Waals surface area contributed by atoms with Gasteiger partial charge in [0.05, 0.1) is 16.2 Å². The van der Waals surface area contributed by atoms with Gasteiger partial charge in [-0.2, -0.15) is 13.2 Å². The Labute approximate surface area is 181 Å². The fourth-order valence-corrected chi connectivity index (χ4v) is 4.41. The van der Waals surface area contributed by atoms with Crippen LogP contribution < -0.4 is 4.90 Å². The summed E-state index contributed by atoms with van der Waals surface area (Å²) in [5, 5.41) is 11.3. The van der Waals surface area contributed by atoms with Gasteiger partial charge in [0.2, 0.25) is 5.91 Å². The van der Waals surface area contributed by atoms with Crippen LogP contribution in [0.25, 0.3) is 0 Å². The predicted octanol–water partition coefficient (Wildman–Crippen LogP) is 5.45. The molecular formula is C23H19F3N2O4. The largest absolute Gasteiger partial charge is 0.416 e. The van der Waals surface area contributed by atoms with E-state index in [0.29, 0.717) is 40.9 Å². The Bertz CT molecular complexity index is 1150. The highest BCUT2D eigenvalue weighted by Gasteiger charge is 2.40. The normalized spacial score (nSPS) is 19.2. The summed E-state index contributed by atoms with van der Waals surface area (Å²) in [6.45, 7) is 1.72. The van der Waals surface area contributed by atoms with E-state index in [9.17, 15) is 32.9 Å². The first-order valence-electron chi connectivity index (χ1n) is 10.1. The minimum Gasteiger partial charge on any atom is -0.294 e. The number of non-ortho nitro benzene ring substituents is 1. The Morgan fingerprint density at radius 1 is 1.06 bits per heavy atom. The highest BCUT2D eigenvalue weighted by molar-refractivity contribution is 6.07. The lowest BCUT2D eigenvalue weighted by Gasteiger charge is -2.38. The molecule has 6 nitrogen and oxygen atoms in total. The number of nitro benzene ring substituents is 1. The molecule has 1 amide bonds. The first-order chi connectivity index (χ1) is 15.1. The van der Waals surface area contributed by atoms with Crippen molar-refractivity contribution in [2.24, 2.45) is 0 Å². The van der Waals surface area contributed by atoms with Gasteiger partial charge in [-0.3, -0.25) is 24.6 Å². The third kappa shape index (κ3) is 3.79. The molecular weight excluding hydrogens is 425 g/mol. The summed E-state index contributed by atoms with van der Waals surface area (Å²) in [6.07, 6.45) is -3.37. The summed E-state index contributed by atoms with van der Waals surface area (Å²) < 4.78 is 38.8. The van der Waals surface area contributed by atoms with Crippen molar-refractivity contribution in [1.29, 1.82) is 0 Å². The van der Waals surface area contributed by atoms with Crippen molar-refractivity contribution < 1.29 is 27.7 Å². The van der Waals surface area contributed by atoms with E-state index in [0.717, 1.165) is 12.1 Å². The average molecular weight is 444 g/mol.